The van der Waals surface area contributed by atoms with Crippen molar-refractivity contribution in [2.45, 2.75) is 91.3 Å². The molecule has 5 rings (SSSR count). The standard InChI is InChI=1S/C26H32F2N2O4.C16H22N2O3/c1-17(12-19-13-20(27)15-21(28)14-19)23(31)22-24(32)29(16-18-8-6-5-7-9-18)10-11-30(22)25(33)34-26(2,3)4;1-16(2,3)21-15(20)18-10-9-17(14(19)12-18)11-13-7-5-4-6-8-13/h5-9,13-15,17,22-23,31H,10-12,16H2,1-4H3;4-8H,9-12H2,1-3H3/t17?,22-,23-;/m0./s1. The molecule has 1 unspecified atom stereocenters. The van der Waals surface area contributed by atoms with Crippen LogP contribution in [0.1, 0.15) is 65.2 Å². The highest BCUT2D eigenvalue weighted by Crippen LogP contribution is 2.26. The third-order valence-corrected chi connectivity index (χ3v) is 8.93. The number of benzene rings is 3. The monoisotopic (exact) mass is 764 g/mol. The van der Waals surface area contributed by atoms with Crippen molar-refractivity contribution in [2.75, 3.05) is 32.7 Å². The van der Waals surface area contributed by atoms with E-state index >= 15 is 0 Å². The van der Waals surface area contributed by atoms with Gasteiger partial charge in [0.2, 0.25) is 11.8 Å². The fourth-order valence-corrected chi connectivity index (χ4v) is 6.31. The zero-order valence-corrected chi connectivity index (χ0v) is 32.8. The van der Waals surface area contributed by atoms with E-state index in [-0.39, 0.29) is 25.4 Å². The Labute approximate surface area is 322 Å². The van der Waals surface area contributed by atoms with Crippen molar-refractivity contribution in [3.05, 3.63) is 107 Å². The summed E-state index contributed by atoms with van der Waals surface area (Å²) < 4.78 is 38.1. The van der Waals surface area contributed by atoms with Gasteiger partial charge in [0.05, 0.1) is 6.10 Å². The summed E-state index contributed by atoms with van der Waals surface area (Å²) in [6.45, 7) is 14.9. The number of amides is 4. The van der Waals surface area contributed by atoms with E-state index < -0.39 is 59.0 Å². The van der Waals surface area contributed by atoms with Crippen LogP contribution in [-0.4, -0.2) is 105 Å². The SMILES string of the molecule is CC(C)(C)OC(=O)N1CCN(Cc2ccccc2)C(=O)C1.CC(Cc1cc(F)cc(F)c1)[C@H](O)[C@H]1C(=O)N(Cc2ccccc2)CCN1C(=O)OC(C)(C)C. The predicted molar refractivity (Wildman–Crippen MR) is 203 cm³/mol. The zero-order valence-electron chi connectivity index (χ0n) is 32.8. The summed E-state index contributed by atoms with van der Waals surface area (Å²) in [6.07, 6.45) is -2.26. The second kappa shape index (κ2) is 18.5. The van der Waals surface area contributed by atoms with Gasteiger partial charge in [-0.3, -0.25) is 19.4 Å². The Kier molecular flexibility index (Phi) is 14.4. The maximum Gasteiger partial charge on any atom is 0.411 e. The predicted octanol–water partition coefficient (Wildman–Crippen LogP) is 6.42. The molecule has 0 bridgehead atoms. The van der Waals surface area contributed by atoms with Crippen LogP contribution in [0.25, 0.3) is 0 Å². The number of aliphatic hydroxyl groups is 1. The molecule has 11 nitrogen and oxygen atoms in total. The third-order valence-electron chi connectivity index (χ3n) is 8.93. The minimum Gasteiger partial charge on any atom is -0.444 e. The van der Waals surface area contributed by atoms with E-state index in [0.29, 0.717) is 38.3 Å². The number of aliphatic hydroxyl groups excluding tert-OH is 1. The summed E-state index contributed by atoms with van der Waals surface area (Å²) in [5.41, 5.74) is 1.06. The zero-order chi connectivity index (χ0) is 40.5. The minimum absolute atomic E-state index is 0.0454. The molecule has 0 aliphatic carbocycles. The Morgan fingerprint density at radius 2 is 1.22 bits per heavy atom. The highest BCUT2D eigenvalue weighted by atomic mass is 19.1. The lowest BCUT2D eigenvalue weighted by Gasteiger charge is -2.43. The molecular weight excluding hydrogens is 710 g/mol. The number of carbonyl (C=O) groups is 4. The van der Waals surface area contributed by atoms with Crippen LogP contribution >= 0.6 is 0 Å². The second-order valence-electron chi connectivity index (χ2n) is 16.0. The van der Waals surface area contributed by atoms with Crippen molar-refractivity contribution in [3.8, 4) is 0 Å². The summed E-state index contributed by atoms with van der Waals surface area (Å²) in [6, 6.07) is 21.3. The first kappa shape index (κ1) is 42.7. The first-order valence-corrected chi connectivity index (χ1v) is 18.5. The van der Waals surface area contributed by atoms with Crippen molar-refractivity contribution in [2.24, 2.45) is 5.92 Å². The van der Waals surface area contributed by atoms with Crippen molar-refractivity contribution < 1.29 is 42.5 Å². The summed E-state index contributed by atoms with van der Waals surface area (Å²) in [5, 5.41) is 11.2. The quantitative estimate of drug-likeness (QED) is 0.281. The largest absolute Gasteiger partial charge is 0.444 e. The third kappa shape index (κ3) is 13.0. The van der Waals surface area contributed by atoms with Crippen molar-refractivity contribution in [3.63, 3.8) is 0 Å². The van der Waals surface area contributed by atoms with E-state index in [1.807, 2.05) is 81.4 Å². The Bertz CT molecular complexity index is 1740. The van der Waals surface area contributed by atoms with Crippen LogP contribution in [0.2, 0.25) is 0 Å². The summed E-state index contributed by atoms with van der Waals surface area (Å²) in [7, 11) is 0. The molecule has 0 saturated carbocycles. The number of hydrogen-bond acceptors (Lipinski definition) is 7. The minimum atomic E-state index is -1.27. The molecule has 0 spiro atoms. The van der Waals surface area contributed by atoms with Gasteiger partial charge >= 0.3 is 12.2 Å². The van der Waals surface area contributed by atoms with Gasteiger partial charge in [0.25, 0.3) is 0 Å². The number of hydrogen-bond donors (Lipinski definition) is 1. The molecule has 2 fully saturated rings. The van der Waals surface area contributed by atoms with Gasteiger partial charge in [-0.15, -0.1) is 0 Å². The number of ether oxygens (including phenoxy) is 2. The fourth-order valence-electron chi connectivity index (χ4n) is 6.31. The molecule has 2 heterocycles. The molecule has 3 aromatic carbocycles. The average Bonchev–Trinajstić information content (AvgIpc) is 3.09. The van der Waals surface area contributed by atoms with Crippen LogP contribution in [0.15, 0.2) is 78.9 Å². The molecule has 55 heavy (non-hydrogen) atoms. The van der Waals surface area contributed by atoms with Gasteiger partial charge in [0.15, 0.2) is 0 Å². The van der Waals surface area contributed by atoms with Gasteiger partial charge in [0, 0.05) is 45.3 Å². The molecule has 13 heteroatoms. The summed E-state index contributed by atoms with van der Waals surface area (Å²) >= 11 is 0. The van der Waals surface area contributed by atoms with E-state index in [2.05, 4.69) is 0 Å². The van der Waals surface area contributed by atoms with Crippen molar-refractivity contribution >= 4 is 24.0 Å². The van der Waals surface area contributed by atoms with Gasteiger partial charge < -0.3 is 24.4 Å². The average molecular weight is 765 g/mol. The lowest BCUT2D eigenvalue weighted by molar-refractivity contribution is -0.149. The van der Waals surface area contributed by atoms with E-state index in [1.54, 1.807) is 37.5 Å². The second-order valence-corrected chi connectivity index (χ2v) is 16.0. The van der Waals surface area contributed by atoms with Crippen LogP contribution in [-0.2, 0) is 38.6 Å². The molecule has 4 amide bonds. The van der Waals surface area contributed by atoms with Gasteiger partial charge in [0.1, 0.15) is 35.4 Å². The summed E-state index contributed by atoms with van der Waals surface area (Å²) in [5.74, 6) is -2.44. The van der Waals surface area contributed by atoms with Crippen LogP contribution in [0, 0.1) is 17.6 Å². The lowest BCUT2D eigenvalue weighted by Crippen LogP contribution is -2.64. The Morgan fingerprint density at radius 1 is 0.727 bits per heavy atom. The lowest BCUT2D eigenvalue weighted by atomic mass is 9.89. The number of nitrogens with zero attached hydrogens (tertiary/aromatic N) is 4. The van der Waals surface area contributed by atoms with Crippen LogP contribution in [0.5, 0.6) is 0 Å². The van der Waals surface area contributed by atoms with E-state index in [4.69, 9.17) is 9.47 Å². The molecule has 3 atom stereocenters. The Balaban J connectivity index is 0.000000274. The Morgan fingerprint density at radius 3 is 1.73 bits per heavy atom. The van der Waals surface area contributed by atoms with E-state index in [9.17, 15) is 33.1 Å². The van der Waals surface area contributed by atoms with Gasteiger partial charge in [-0.1, -0.05) is 67.6 Å². The van der Waals surface area contributed by atoms with Crippen molar-refractivity contribution in [1.82, 2.24) is 19.6 Å². The van der Waals surface area contributed by atoms with Gasteiger partial charge in [-0.2, -0.15) is 0 Å². The van der Waals surface area contributed by atoms with E-state index in [1.165, 1.54) is 21.9 Å². The normalized spacial score (nSPS) is 17.6. The van der Waals surface area contributed by atoms with Crippen LogP contribution < -0.4 is 0 Å². The number of carbonyl (C=O) groups excluding carboxylic acids is 4. The van der Waals surface area contributed by atoms with Crippen molar-refractivity contribution in [1.29, 1.82) is 0 Å². The first-order chi connectivity index (χ1) is 25.8. The molecule has 298 valence electrons. The Hall–Kier alpha value is -5.04. The highest BCUT2D eigenvalue weighted by molar-refractivity contribution is 5.87. The van der Waals surface area contributed by atoms with Crippen LogP contribution in [0.4, 0.5) is 18.4 Å². The molecular formula is C42H54F2N4O7. The summed E-state index contributed by atoms with van der Waals surface area (Å²) in [4.78, 5) is 56.7. The molecule has 3 aromatic rings. The molecule has 0 aromatic heterocycles. The number of halogens is 2. The number of rotatable bonds is 8. The van der Waals surface area contributed by atoms with Gasteiger partial charge in [-0.05, 0) is 82.7 Å². The topological polar surface area (TPSA) is 120 Å². The smallest absolute Gasteiger partial charge is 0.411 e. The first-order valence-electron chi connectivity index (χ1n) is 18.5. The highest BCUT2D eigenvalue weighted by Gasteiger charge is 2.45. The van der Waals surface area contributed by atoms with Crippen LogP contribution in [0.3, 0.4) is 0 Å². The molecule has 2 saturated heterocycles. The molecule has 1 N–H and O–H groups in total. The van der Waals surface area contributed by atoms with Gasteiger partial charge in [-0.25, -0.2) is 18.4 Å². The molecule has 2 aliphatic rings. The maximum atomic E-state index is 13.6. The van der Waals surface area contributed by atoms with E-state index in [0.717, 1.165) is 17.2 Å². The number of piperazine rings is 2. The fraction of sp³-hybridized carbons (Fsp3) is 0.476. The molecule has 2 aliphatic heterocycles. The molecule has 0 radical (unpaired) electrons. The maximum absolute atomic E-state index is 13.6.